The van der Waals surface area contributed by atoms with Crippen LogP contribution >= 0.6 is 11.8 Å². The zero-order valence-corrected chi connectivity index (χ0v) is 14.6. The van der Waals surface area contributed by atoms with Crippen LogP contribution in [0.5, 0.6) is 11.6 Å². The Balaban J connectivity index is 1.72. The molecule has 0 bridgehead atoms. The number of rotatable bonds is 6. The normalized spacial score (nSPS) is 10.4. The highest BCUT2D eigenvalue weighted by atomic mass is 35.5. The number of hydrogen-bond acceptors (Lipinski definition) is 5. The summed E-state index contributed by atoms with van der Waals surface area (Å²) in [4.78, 5) is 20.6. The maximum Gasteiger partial charge on any atom is 0.268 e. The van der Waals surface area contributed by atoms with Gasteiger partial charge in [0.05, 0.1) is 12.2 Å². The maximum absolute atomic E-state index is 12.6. The van der Waals surface area contributed by atoms with Crippen molar-refractivity contribution >= 4 is 17.7 Å². The average molecular weight is 369 g/mol. The van der Waals surface area contributed by atoms with Gasteiger partial charge in [-0.25, -0.2) is 14.4 Å². The first-order chi connectivity index (χ1) is 12.7. The summed E-state index contributed by atoms with van der Waals surface area (Å²) in [6.07, 6.45) is 1.38. The lowest BCUT2D eigenvalue weighted by atomic mass is 10.2. The van der Waals surface area contributed by atoms with Gasteiger partial charge in [0, 0.05) is 30.0 Å². The number of nitrogens with two attached hydrogens (primary N) is 1. The molecule has 1 amide bonds. The maximum atomic E-state index is 12.6. The van der Waals surface area contributed by atoms with E-state index in [9.17, 15) is 4.79 Å². The number of aromatic nitrogens is 2. The third kappa shape index (κ3) is 4.56. The fraction of sp³-hybridized carbons (Fsp3) is 0.105. The fourth-order valence-corrected chi connectivity index (χ4v) is 2.55. The summed E-state index contributed by atoms with van der Waals surface area (Å²) in [5.74, 6) is 0.519. The third-order valence-electron chi connectivity index (χ3n) is 3.60. The highest BCUT2D eigenvalue weighted by Crippen LogP contribution is 2.22. The molecule has 3 aromatic rings. The quantitative estimate of drug-likeness (QED) is 0.673. The molecule has 1 aromatic heterocycles. The predicted molar refractivity (Wildman–Crippen MR) is 98.6 cm³/mol. The van der Waals surface area contributed by atoms with E-state index in [-0.39, 0.29) is 12.5 Å². The van der Waals surface area contributed by atoms with Gasteiger partial charge in [-0.15, -0.1) is 0 Å². The van der Waals surface area contributed by atoms with Gasteiger partial charge in [0.1, 0.15) is 12.1 Å². The number of benzene rings is 2. The minimum absolute atomic E-state index is 0.290. The molecule has 0 saturated carbocycles. The number of carbonyl (C=O) groups excluding carboxylic acids is 1. The SMILES string of the molecule is NCc1cc(Oc2cccc(C(=O)N(Cl)Cc3ccccc3)c2)ncn1. The highest BCUT2D eigenvalue weighted by Gasteiger charge is 2.15. The zero-order valence-electron chi connectivity index (χ0n) is 13.9. The van der Waals surface area contributed by atoms with E-state index < -0.39 is 0 Å². The number of halogens is 1. The Bertz CT molecular complexity index is 889. The molecule has 0 unspecified atom stereocenters. The van der Waals surface area contributed by atoms with Crippen LogP contribution in [0, 0.1) is 0 Å². The van der Waals surface area contributed by atoms with Crippen molar-refractivity contribution in [2.24, 2.45) is 5.73 Å². The van der Waals surface area contributed by atoms with Gasteiger partial charge in [0.25, 0.3) is 5.91 Å². The van der Waals surface area contributed by atoms with E-state index >= 15 is 0 Å². The molecule has 132 valence electrons. The van der Waals surface area contributed by atoms with Gasteiger partial charge >= 0.3 is 0 Å². The summed E-state index contributed by atoms with van der Waals surface area (Å²) in [7, 11) is 0. The molecule has 3 rings (SSSR count). The average Bonchev–Trinajstić information content (AvgIpc) is 2.68. The number of nitrogens with zero attached hydrogens (tertiary/aromatic N) is 3. The van der Waals surface area contributed by atoms with Gasteiger partial charge in [-0.2, -0.15) is 0 Å². The lowest BCUT2D eigenvalue weighted by Crippen LogP contribution is -2.21. The molecule has 0 aliphatic rings. The van der Waals surface area contributed by atoms with E-state index in [0.29, 0.717) is 29.4 Å². The van der Waals surface area contributed by atoms with Crippen LogP contribution in [0.25, 0.3) is 0 Å². The van der Waals surface area contributed by atoms with Gasteiger partial charge < -0.3 is 10.5 Å². The van der Waals surface area contributed by atoms with Crippen molar-refractivity contribution in [1.82, 2.24) is 14.4 Å². The molecule has 0 radical (unpaired) electrons. The lowest BCUT2D eigenvalue weighted by Gasteiger charge is -2.14. The van der Waals surface area contributed by atoms with Gasteiger partial charge in [0.2, 0.25) is 5.88 Å². The standard InChI is InChI=1S/C19H17ClN4O2/c20-24(12-14-5-2-1-3-6-14)19(25)15-7-4-8-17(9-15)26-18-10-16(11-21)22-13-23-18/h1-10,13H,11-12,21H2. The Morgan fingerprint density at radius 2 is 1.88 bits per heavy atom. The molecule has 0 atom stereocenters. The Labute approximate surface area is 156 Å². The zero-order chi connectivity index (χ0) is 18.4. The number of amides is 1. The summed E-state index contributed by atoms with van der Waals surface area (Å²) in [6.45, 7) is 0.593. The van der Waals surface area contributed by atoms with E-state index in [1.165, 1.54) is 6.33 Å². The Hall–Kier alpha value is -2.96. The molecule has 26 heavy (non-hydrogen) atoms. The van der Waals surface area contributed by atoms with Crippen molar-refractivity contribution in [3.63, 3.8) is 0 Å². The van der Waals surface area contributed by atoms with E-state index in [2.05, 4.69) is 9.97 Å². The third-order valence-corrected chi connectivity index (χ3v) is 3.87. The van der Waals surface area contributed by atoms with Crippen molar-refractivity contribution in [3.05, 3.63) is 83.8 Å². The minimum Gasteiger partial charge on any atom is -0.439 e. The van der Waals surface area contributed by atoms with E-state index in [1.807, 2.05) is 30.3 Å². The fourth-order valence-electron chi connectivity index (χ4n) is 2.31. The Kier molecular flexibility index (Phi) is 5.78. The Morgan fingerprint density at radius 3 is 2.65 bits per heavy atom. The van der Waals surface area contributed by atoms with E-state index in [0.717, 1.165) is 9.98 Å². The van der Waals surface area contributed by atoms with Crippen molar-refractivity contribution < 1.29 is 9.53 Å². The molecule has 0 spiro atoms. The number of ether oxygens (including phenoxy) is 1. The second-order valence-corrected chi connectivity index (χ2v) is 5.90. The largest absolute Gasteiger partial charge is 0.439 e. The van der Waals surface area contributed by atoms with Crippen molar-refractivity contribution in [2.75, 3.05) is 0 Å². The smallest absolute Gasteiger partial charge is 0.268 e. The first-order valence-electron chi connectivity index (χ1n) is 7.96. The van der Waals surface area contributed by atoms with Crippen molar-refractivity contribution in [2.45, 2.75) is 13.1 Å². The van der Waals surface area contributed by atoms with Gasteiger partial charge in [-0.1, -0.05) is 36.4 Å². The van der Waals surface area contributed by atoms with E-state index in [4.69, 9.17) is 22.2 Å². The lowest BCUT2D eigenvalue weighted by molar-refractivity contribution is 0.0857. The first kappa shape index (κ1) is 17.8. The van der Waals surface area contributed by atoms with Gasteiger partial charge in [-0.3, -0.25) is 4.79 Å². The number of hydrogen-bond donors (Lipinski definition) is 1. The molecule has 0 aliphatic heterocycles. The van der Waals surface area contributed by atoms with Crippen LogP contribution in [0.1, 0.15) is 21.6 Å². The summed E-state index contributed by atoms with van der Waals surface area (Å²) in [5, 5.41) is 0. The second-order valence-electron chi connectivity index (χ2n) is 5.49. The van der Waals surface area contributed by atoms with Crippen LogP contribution in [-0.4, -0.2) is 20.3 Å². The second kappa shape index (κ2) is 8.42. The van der Waals surface area contributed by atoms with Crippen LogP contribution in [0.2, 0.25) is 0 Å². The minimum atomic E-state index is -0.314. The van der Waals surface area contributed by atoms with Gasteiger partial charge in [0.15, 0.2) is 0 Å². The summed E-state index contributed by atoms with van der Waals surface area (Å²) >= 11 is 6.16. The van der Waals surface area contributed by atoms with Gasteiger partial charge in [-0.05, 0) is 23.8 Å². The van der Waals surface area contributed by atoms with Crippen LogP contribution in [0.3, 0.4) is 0 Å². The topological polar surface area (TPSA) is 81.3 Å². The first-order valence-corrected chi connectivity index (χ1v) is 8.30. The molecular weight excluding hydrogens is 352 g/mol. The van der Waals surface area contributed by atoms with Crippen molar-refractivity contribution in [1.29, 1.82) is 0 Å². The van der Waals surface area contributed by atoms with Crippen LogP contribution in [0.15, 0.2) is 67.0 Å². The van der Waals surface area contributed by atoms with Crippen molar-refractivity contribution in [3.8, 4) is 11.6 Å². The monoisotopic (exact) mass is 368 g/mol. The van der Waals surface area contributed by atoms with Crippen LogP contribution in [0.4, 0.5) is 0 Å². The predicted octanol–water partition coefficient (Wildman–Crippen LogP) is 3.52. The molecule has 0 saturated heterocycles. The molecule has 0 aliphatic carbocycles. The molecule has 7 heteroatoms. The summed E-state index contributed by atoms with van der Waals surface area (Å²) < 4.78 is 6.83. The summed E-state index contributed by atoms with van der Waals surface area (Å²) in [5.41, 5.74) is 7.59. The Morgan fingerprint density at radius 1 is 1.08 bits per heavy atom. The molecule has 1 heterocycles. The van der Waals surface area contributed by atoms with E-state index in [1.54, 1.807) is 30.3 Å². The molecule has 6 nitrogen and oxygen atoms in total. The highest BCUT2D eigenvalue weighted by molar-refractivity contribution is 6.24. The van der Waals surface area contributed by atoms with Crippen LogP contribution in [-0.2, 0) is 13.1 Å². The summed E-state index contributed by atoms with van der Waals surface area (Å²) in [6, 6.07) is 17.9. The molecule has 2 N–H and O–H groups in total. The molecule has 0 fully saturated rings. The molecule has 2 aromatic carbocycles. The van der Waals surface area contributed by atoms with Crippen LogP contribution < -0.4 is 10.5 Å². The number of carbonyl (C=O) groups is 1. The molecular formula is C19H17ClN4O2.